The van der Waals surface area contributed by atoms with Gasteiger partial charge in [-0.15, -0.1) is 34.9 Å². The molecule has 0 aliphatic heterocycles. The number of halogens is 2. The van der Waals surface area contributed by atoms with Gasteiger partial charge in [0, 0.05) is 8.41 Å². The van der Waals surface area contributed by atoms with E-state index in [-0.39, 0.29) is 0 Å². The van der Waals surface area contributed by atoms with Gasteiger partial charge in [0.05, 0.1) is 0 Å². The average molecular weight is 440 g/mol. The second-order valence-corrected chi connectivity index (χ2v) is 12.2. The molecule has 0 saturated carbocycles. The van der Waals surface area contributed by atoms with Crippen LogP contribution in [0.4, 0.5) is 0 Å². The van der Waals surface area contributed by atoms with Crippen LogP contribution in [0.2, 0.25) is 13.1 Å². The van der Waals surface area contributed by atoms with Crippen LogP contribution in [-0.4, -0.2) is 8.41 Å². The van der Waals surface area contributed by atoms with E-state index in [1.54, 1.807) is 4.81 Å². The van der Waals surface area contributed by atoms with Crippen LogP contribution in [0.3, 0.4) is 0 Å². The van der Waals surface area contributed by atoms with Crippen molar-refractivity contribution >= 4 is 37.1 Å². The predicted molar refractivity (Wildman–Crippen MR) is 101 cm³/mol. The molecule has 0 radical (unpaired) electrons. The normalized spacial score (nSPS) is 14.8. The second-order valence-electron chi connectivity index (χ2n) is 5.89. The summed E-state index contributed by atoms with van der Waals surface area (Å²) in [7, 11) is 9.45. The fraction of sp³-hybridized carbons (Fsp3) is 0.316. The molecule has 2 aliphatic carbocycles. The SMILES string of the molecule is CCC1=C(C2=CC=CC2)c2c(C)c(=[Si](C)C)ccc2=[C-]1.[Cl][Zr][Cl]. The molecule has 0 bridgehead atoms. The quantitative estimate of drug-likeness (QED) is 0.411. The number of benzene rings is 1. The van der Waals surface area contributed by atoms with E-state index < -0.39 is 29.3 Å². The molecule has 0 nitrogen and oxygen atoms in total. The van der Waals surface area contributed by atoms with Crippen LogP contribution >= 0.6 is 17.0 Å². The molecule has 3 rings (SSSR count). The van der Waals surface area contributed by atoms with E-state index in [2.05, 4.69) is 63.4 Å². The van der Waals surface area contributed by atoms with Crippen LogP contribution in [-0.2, 0) is 20.8 Å². The molecule has 0 spiro atoms. The first-order valence-corrected chi connectivity index (χ1v) is 16.6. The molecule has 4 heteroatoms. The van der Waals surface area contributed by atoms with Crippen LogP contribution in [0.5, 0.6) is 0 Å². The van der Waals surface area contributed by atoms with Gasteiger partial charge in [-0.2, -0.15) is 5.22 Å². The van der Waals surface area contributed by atoms with E-state index >= 15 is 0 Å². The van der Waals surface area contributed by atoms with Crippen molar-refractivity contribution in [2.24, 2.45) is 0 Å². The third-order valence-electron chi connectivity index (χ3n) is 4.29. The third-order valence-corrected chi connectivity index (χ3v) is 5.91. The fourth-order valence-electron chi connectivity index (χ4n) is 3.31. The van der Waals surface area contributed by atoms with Gasteiger partial charge in [0.15, 0.2) is 0 Å². The Balaban J connectivity index is 0.000000595. The number of rotatable bonds is 2. The Kier molecular flexibility index (Phi) is 7.48. The zero-order chi connectivity index (χ0) is 17.0. The summed E-state index contributed by atoms with van der Waals surface area (Å²) in [5.74, 6) is 0. The topological polar surface area (TPSA) is 0 Å². The van der Waals surface area contributed by atoms with Crippen molar-refractivity contribution in [3.8, 4) is 0 Å². The van der Waals surface area contributed by atoms with Crippen LogP contribution < -0.4 is 5.22 Å². The standard InChI is InChI=1S/C19H21Si.2ClH.Zr/c1-5-14-12-16-10-11-17(20(3)4)13(2)18(16)19(14)15-8-6-7-9-15;;;/h6-8,10-11H,5,9H2,1-4H3;2*1H;/q-1;;;+2/p-2. The van der Waals surface area contributed by atoms with Gasteiger partial charge < -0.3 is 0 Å². The summed E-state index contributed by atoms with van der Waals surface area (Å²) >= 11 is -0.826. The van der Waals surface area contributed by atoms with Crippen molar-refractivity contribution in [1.29, 1.82) is 0 Å². The summed E-state index contributed by atoms with van der Waals surface area (Å²) in [6, 6.07) is 4.61. The van der Waals surface area contributed by atoms with Crippen LogP contribution in [0.1, 0.15) is 30.9 Å². The molecule has 0 fully saturated rings. The first-order chi connectivity index (χ1) is 11.0. The summed E-state index contributed by atoms with van der Waals surface area (Å²) in [5.41, 5.74) is 7.27. The summed E-state index contributed by atoms with van der Waals surface area (Å²) < 4.78 is 0. The molecule has 0 unspecified atom stereocenters. The van der Waals surface area contributed by atoms with Crippen molar-refractivity contribution in [3.63, 3.8) is 0 Å². The Bertz CT molecular complexity index is 813. The molecule has 2 aliphatic rings. The maximum atomic E-state index is 4.93. The van der Waals surface area contributed by atoms with E-state index in [0.29, 0.717) is 0 Å². The summed E-state index contributed by atoms with van der Waals surface area (Å²) in [6.45, 7) is 9.29. The molecule has 23 heavy (non-hydrogen) atoms. The predicted octanol–water partition coefficient (Wildman–Crippen LogP) is 5.68. The molecular weight excluding hydrogens is 418 g/mol. The number of fused-ring (bicyclic) bond motifs is 1. The summed E-state index contributed by atoms with van der Waals surface area (Å²) in [6.07, 6.45) is 12.5. The number of hydrogen-bond donors (Lipinski definition) is 0. The Morgan fingerprint density at radius 3 is 2.48 bits per heavy atom. The van der Waals surface area contributed by atoms with Crippen molar-refractivity contribution in [2.75, 3.05) is 0 Å². The minimum atomic E-state index is -0.826. The maximum absolute atomic E-state index is 4.93. The summed E-state index contributed by atoms with van der Waals surface area (Å²) in [5, 5.41) is 1.30. The van der Waals surface area contributed by atoms with Gasteiger partial charge in [-0.05, 0) is 19.8 Å². The molecule has 0 heterocycles. The van der Waals surface area contributed by atoms with Crippen molar-refractivity contribution in [1.82, 2.24) is 0 Å². The number of allylic oxidation sites excluding steroid dienone is 6. The van der Waals surface area contributed by atoms with Gasteiger partial charge in [-0.1, -0.05) is 54.2 Å². The Labute approximate surface area is 159 Å². The fourth-order valence-corrected chi connectivity index (χ4v) is 4.60. The molecule has 120 valence electrons. The molecule has 0 N–H and O–H groups in total. The van der Waals surface area contributed by atoms with Gasteiger partial charge in [0.1, 0.15) is 0 Å². The van der Waals surface area contributed by atoms with E-state index in [1.807, 2.05) is 0 Å². The Morgan fingerprint density at radius 2 is 1.96 bits per heavy atom. The zero-order valence-corrected chi connectivity index (χ0v) is 19.0. The Morgan fingerprint density at radius 1 is 1.26 bits per heavy atom. The molecular formula is C19H21Cl2SiZr-. The zero-order valence-electron chi connectivity index (χ0n) is 14.1. The first kappa shape index (κ1) is 19.3. The molecule has 1 aromatic rings. The van der Waals surface area contributed by atoms with E-state index in [4.69, 9.17) is 17.0 Å². The van der Waals surface area contributed by atoms with E-state index in [9.17, 15) is 0 Å². The Hall–Kier alpha value is -0.01000. The summed E-state index contributed by atoms with van der Waals surface area (Å²) in [4.78, 5) is 1.57. The third kappa shape index (κ3) is 4.15. The van der Waals surface area contributed by atoms with Gasteiger partial charge in [-0.3, -0.25) is 0 Å². The molecule has 0 amide bonds. The van der Waals surface area contributed by atoms with Crippen LogP contribution in [0.15, 0.2) is 41.5 Å². The van der Waals surface area contributed by atoms with Crippen LogP contribution in [0, 0.1) is 11.7 Å². The average Bonchev–Trinajstić information content (AvgIpc) is 3.14. The van der Waals surface area contributed by atoms with Gasteiger partial charge in [-0.25, -0.2) is 0 Å². The van der Waals surface area contributed by atoms with Crippen molar-refractivity contribution in [2.45, 2.75) is 39.8 Å². The minimum absolute atomic E-state index is 0.418. The number of hydrogen-bond acceptors (Lipinski definition) is 0. The molecule has 1 aromatic carbocycles. The first-order valence-electron chi connectivity index (χ1n) is 7.82. The van der Waals surface area contributed by atoms with Gasteiger partial charge in [0.2, 0.25) is 0 Å². The van der Waals surface area contributed by atoms with E-state index in [0.717, 1.165) is 12.8 Å². The second kappa shape index (κ2) is 8.90. The monoisotopic (exact) mass is 437 g/mol. The van der Waals surface area contributed by atoms with Gasteiger partial charge in [0.25, 0.3) is 0 Å². The molecule has 0 saturated heterocycles. The van der Waals surface area contributed by atoms with Gasteiger partial charge >= 0.3 is 37.9 Å². The van der Waals surface area contributed by atoms with E-state index in [1.165, 1.54) is 33.1 Å². The van der Waals surface area contributed by atoms with Crippen LogP contribution in [0.25, 0.3) is 11.6 Å². The molecule has 0 atom stereocenters. The molecule has 0 aromatic heterocycles. The van der Waals surface area contributed by atoms with Crippen molar-refractivity contribution < 1.29 is 20.8 Å². The van der Waals surface area contributed by atoms with Crippen molar-refractivity contribution in [3.05, 3.63) is 62.7 Å².